The van der Waals surface area contributed by atoms with Crippen LogP contribution < -0.4 is 25.4 Å². The van der Waals surface area contributed by atoms with Gasteiger partial charge in [-0.05, 0) is 75.6 Å². The quantitative estimate of drug-likeness (QED) is 0.482. The Morgan fingerprint density at radius 1 is 1.06 bits per heavy atom. The molecule has 0 unspecified atom stereocenters. The van der Waals surface area contributed by atoms with Crippen LogP contribution in [0.3, 0.4) is 0 Å². The molecule has 1 aliphatic rings. The normalized spacial score (nSPS) is 12.8. The minimum Gasteiger partial charge on any atom is -0.495 e. The molecular weight excluding hydrogens is 438 g/mol. The Labute approximate surface area is 199 Å². The Morgan fingerprint density at radius 3 is 2.59 bits per heavy atom. The first-order chi connectivity index (χ1) is 16.1. The number of nitrogens with one attached hydrogen (secondary N) is 3. The molecular formula is C25H31N3O6. The highest BCUT2D eigenvalue weighted by molar-refractivity contribution is 5.94. The predicted molar refractivity (Wildman–Crippen MR) is 130 cm³/mol. The number of ether oxygens (including phenoxy) is 3. The molecule has 0 saturated carbocycles. The molecule has 3 N–H and O–H groups in total. The second-order valence-corrected chi connectivity index (χ2v) is 8.91. The van der Waals surface area contributed by atoms with Crippen LogP contribution in [0.2, 0.25) is 0 Å². The van der Waals surface area contributed by atoms with E-state index in [1.54, 1.807) is 45.0 Å². The smallest absolute Gasteiger partial charge is 0.412 e. The molecule has 0 aliphatic carbocycles. The lowest BCUT2D eigenvalue weighted by Gasteiger charge is -2.20. The summed E-state index contributed by atoms with van der Waals surface area (Å²) in [4.78, 5) is 35.9. The maximum absolute atomic E-state index is 12.4. The van der Waals surface area contributed by atoms with Gasteiger partial charge in [0.1, 0.15) is 17.1 Å². The zero-order chi connectivity index (χ0) is 24.7. The number of hydrogen-bond acceptors (Lipinski definition) is 6. The van der Waals surface area contributed by atoms with Gasteiger partial charge >= 0.3 is 6.09 Å². The first-order valence-corrected chi connectivity index (χ1v) is 11.2. The fourth-order valence-electron chi connectivity index (χ4n) is 3.39. The topological polar surface area (TPSA) is 115 Å². The van der Waals surface area contributed by atoms with Crippen LogP contribution in [0, 0.1) is 0 Å². The average molecular weight is 470 g/mol. The minimum atomic E-state index is -0.639. The monoisotopic (exact) mass is 469 g/mol. The molecule has 0 atom stereocenters. The van der Waals surface area contributed by atoms with Crippen LogP contribution >= 0.6 is 0 Å². The van der Waals surface area contributed by atoms with Crippen molar-refractivity contribution in [3.05, 3.63) is 42.0 Å². The molecule has 0 bridgehead atoms. The summed E-state index contributed by atoms with van der Waals surface area (Å²) in [5.74, 6) is 1.01. The zero-order valence-corrected chi connectivity index (χ0v) is 19.9. The Morgan fingerprint density at radius 2 is 1.85 bits per heavy atom. The Balaban J connectivity index is 1.48. The van der Waals surface area contributed by atoms with Crippen LogP contribution in [-0.4, -0.2) is 37.2 Å². The van der Waals surface area contributed by atoms with E-state index in [1.807, 2.05) is 12.1 Å². The van der Waals surface area contributed by atoms with E-state index < -0.39 is 11.7 Å². The van der Waals surface area contributed by atoms with Crippen molar-refractivity contribution in [3.63, 3.8) is 0 Å². The Bertz CT molecular complexity index is 1060. The number of benzene rings is 2. The summed E-state index contributed by atoms with van der Waals surface area (Å²) in [7, 11) is 1.49. The molecule has 3 amide bonds. The van der Waals surface area contributed by atoms with Crippen molar-refractivity contribution in [2.24, 2.45) is 0 Å². The average Bonchev–Trinajstić information content (AvgIpc) is 2.75. The molecule has 1 heterocycles. The van der Waals surface area contributed by atoms with Crippen molar-refractivity contribution in [1.82, 2.24) is 0 Å². The summed E-state index contributed by atoms with van der Waals surface area (Å²) >= 11 is 0. The lowest BCUT2D eigenvalue weighted by molar-refractivity contribution is -0.117. The summed E-state index contributed by atoms with van der Waals surface area (Å²) in [5.41, 5.74) is 2.14. The van der Waals surface area contributed by atoms with Crippen molar-refractivity contribution in [2.45, 2.75) is 52.1 Å². The molecule has 0 saturated heterocycles. The molecule has 0 aromatic heterocycles. The molecule has 0 radical (unpaired) electrons. The number of carbonyl (C=O) groups excluding carboxylic acids is 3. The molecule has 1 aliphatic heterocycles. The summed E-state index contributed by atoms with van der Waals surface area (Å²) in [6, 6.07) is 10.5. The predicted octanol–water partition coefficient (Wildman–Crippen LogP) is 4.72. The van der Waals surface area contributed by atoms with Gasteiger partial charge in [-0.15, -0.1) is 0 Å². The molecule has 9 heteroatoms. The second kappa shape index (κ2) is 10.9. The zero-order valence-electron chi connectivity index (χ0n) is 19.9. The van der Waals surface area contributed by atoms with Crippen LogP contribution in [0.4, 0.5) is 21.9 Å². The number of rotatable bonds is 8. The van der Waals surface area contributed by atoms with Gasteiger partial charge in [0.25, 0.3) is 0 Å². The summed E-state index contributed by atoms with van der Waals surface area (Å²) < 4.78 is 16.3. The third kappa shape index (κ3) is 7.40. The van der Waals surface area contributed by atoms with Crippen molar-refractivity contribution >= 4 is 35.0 Å². The molecule has 9 nitrogen and oxygen atoms in total. The standard InChI is InChI=1S/C25H31N3O6/c1-25(2,3)34-24(31)28-20-15-17(8-11-21(20)32-4)26-22(29)6-5-13-33-18-9-10-19-16(14-18)7-12-23(30)27-19/h8-11,14-15H,5-7,12-13H2,1-4H3,(H,26,29)(H,27,30)(H,28,31). The van der Waals surface area contributed by atoms with E-state index in [1.165, 1.54) is 7.11 Å². The van der Waals surface area contributed by atoms with Crippen LogP contribution in [0.1, 0.15) is 45.6 Å². The highest BCUT2D eigenvalue weighted by atomic mass is 16.6. The third-order valence-corrected chi connectivity index (χ3v) is 4.91. The molecule has 2 aromatic carbocycles. The van der Waals surface area contributed by atoms with Crippen molar-refractivity contribution in [3.8, 4) is 11.5 Å². The van der Waals surface area contributed by atoms with Gasteiger partial charge in [0, 0.05) is 24.2 Å². The second-order valence-electron chi connectivity index (χ2n) is 8.91. The van der Waals surface area contributed by atoms with Gasteiger partial charge in [0.05, 0.1) is 19.4 Å². The fourth-order valence-corrected chi connectivity index (χ4v) is 3.39. The largest absolute Gasteiger partial charge is 0.495 e. The van der Waals surface area contributed by atoms with Crippen LogP contribution in [0.5, 0.6) is 11.5 Å². The SMILES string of the molecule is COc1ccc(NC(=O)CCCOc2ccc3c(c2)CCC(=O)N3)cc1NC(=O)OC(C)(C)C. The lowest BCUT2D eigenvalue weighted by atomic mass is 10.0. The molecule has 182 valence electrons. The van der Waals surface area contributed by atoms with Gasteiger partial charge < -0.3 is 24.8 Å². The van der Waals surface area contributed by atoms with Crippen LogP contribution in [0.15, 0.2) is 36.4 Å². The molecule has 3 rings (SSSR count). The van der Waals surface area contributed by atoms with E-state index in [4.69, 9.17) is 14.2 Å². The van der Waals surface area contributed by atoms with Crippen molar-refractivity contribution < 1.29 is 28.6 Å². The van der Waals surface area contributed by atoms with Gasteiger partial charge in [0.15, 0.2) is 0 Å². The number of carbonyl (C=O) groups is 3. The maximum atomic E-state index is 12.4. The molecule has 0 spiro atoms. The fraction of sp³-hybridized carbons (Fsp3) is 0.400. The van der Waals surface area contributed by atoms with E-state index in [9.17, 15) is 14.4 Å². The van der Waals surface area contributed by atoms with Gasteiger partial charge in [-0.2, -0.15) is 0 Å². The van der Waals surface area contributed by atoms with Crippen LogP contribution in [0.25, 0.3) is 0 Å². The Hall–Kier alpha value is -3.75. The summed E-state index contributed by atoms with van der Waals surface area (Å²) in [6.07, 6.45) is 1.33. The number of fused-ring (bicyclic) bond motifs is 1. The Kier molecular flexibility index (Phi) is 7.99. The molecule has 2 aromatic rings. The number of hydrogen-bond donors (Lipinski definition) is 3. The van der Waals surface area contributed by atoms with E-state index in [0.717, 1.165) is 11.3 Å². The number of aryl methyl sites for hydroxylation is 1. The van der Waals surface area contributed by atoms with Crippen molar-refractivity contribution in [2.75, 3.05) is 29.7 Å². The number of methoxy groups -OCH3 is 1. The van der Waals surface area contributed by atoms with Gasteiger partial charge in [-0.3, -0.25) is 14.9 Å². The van der Waals surface area contributed by atoms with E-state index in [-0.39, 0.29) is 18.2 Å². The van der Waals surface area contributed by atoms with Crippen LogP contribution in [-0.2, 0) is 20.7 Å². The summed E-state index contributed by atoms with van der Waals surface area (Å²) in [6.45, 7) is 5.70. The minimum absolute atomic E-state index is 0.0248. The highest BCUT2D eigenvalue weighted by Crippen LogP contribution is 2.29. The first kappa shape index (κ1) is 24.9. The molecule has 0 fully saturated rings. The third-order valence-electron chi connectivity index (χ3n) is 4.91. The summed E-state index contributed by atoms with van der Waals surface area (Å²) in [5, 5.41) is 8.30. The van der Waals surface area contributed by atoms with Gasteiger partial charge in [-0.25, -0.2) is 4.79 Å². The van der Waals surface area contributed by atoms with E-state index in [2.05, 4.69) is 16.0 Å². The van der Waals surface area contributed by atoms with E-state index in [0.29, 0.717) is 48.7 Å². The van der Waals surface area contributed by atoms with Gasteiger partial charge in [-0.1, -0.05) is 0 Å². The van der Waals surface area contributed by atoms with Crippen molar-refractivity contribution in [1.29, 1.82) is 0 Å². The van der Waals surface area contributed by atoms with E-state index >= 15 is 0 Å². The first-order valence-electron chi connectivity index (χ1n) is 11.2. The van der Waals surface area contributed by atoms with Gasteiger partial charge in [0.2, 0.25) is 11.8 Å². The molecule has 34 heavy (non-hydrogen) atoms. The maximum Gasteiger partial charge on any atom is 0.412 e. The number of amides is 3. The number of anilines is 3. The highest BCUT2D eigenvalue weighted by Gasteiger charge is 2.18. The lowest BCUT2D eigenvalue weighted by Crippen LogP contribution is -2.27.